The minimum atomic E-state index is -1.39. The summed E-state index contributed by atoms with van der Waals surface area (Å²) in [5.41, 5.74) is 0.835. The second-order valence-corrected chi connectivity index (χ2v) is 3.39. The number of epoxide rings is 1. The first-order valence-corrected chi connectivity index (χ1v) is 4.75. The fourth-order valence-electron chi connectivity index (χ4n) is 1.28. The van der Waals surface area contributed by atoms with Gasteiger partial charge in [-0.3, -0.25) is 0 Å². The summed E-state index contributed by atoms with van der Waals surface area (Å²) in [6.07, 6.45) is -2.16. The smallest absolute Gasteiger partial charge is 0.338 e. The van der Waals surface area contributed by atoms with Crippen LogP contribution in [0, 0.1) is 0 Å². The first-order chi connectivity index (χ1) is 7.68. The molecule has 0 saturated carbocycles. The van der Waals surface area contributed by atoms with Gasteiger partial charge in [-0.1, -0.05) is 30.3 Å². The van der Waals surface area contributed by atoms with Crippen molar-refractivity contribution in [2.24, 2.45) is 0 Å². The van der Waals surface area contributed by atoms with Crippen LogP contribution in [0.3, 0.4) is 0 Å². The summed E-state index contributed by atoms with van der Waals surface area (Å²) in [6, 6.07) is 9.09. The summed E-state index contributed by atoms with van der Waals surface area (Å²) in [5.74, 6) is -2.06. The molecular formula is C11H9O5-. The predicted molar refractivity (Wildman–Crippen MR) is 49.9 cm³/mol. The number of benzene rings is 1. The predicted octanol–water partition coefficient (Wildman–Crippen LogP) is -0.753. The second-order valence-electron chi connectivity index (χ2n) is 3.39. The van der Waals surface area contributed by atoms with E-state index in [1.165, 1.54) is 0 Å². The highest BCUT2D eigenvalue weighted by Gasteiger charge is 2.47. The van der Waals surface area contributed by atoms with Gasteiger partial charge in [-0.25, -0.2) is 4.79 Å². The topological polar surface area (TPSA) is 79.0 Å². The molecule has 5 heteroatoms. The van der Waals surface area contributed by atoms with E-state index in [2.05, 4.69) is 4.74 Å². The van der Waals surface area contributed by atoms with Crippen LogP contribution in [-0.4, -0.2) is 24.1 Å². The van der Waals surface area contributed by atoms with Crippen LogP contribution in [0.5, 0.6) is 0 Å². The third kappa shape index (κ3) is 2.38. The van der Waals surface area contributed by atoms with Crippen molar-refractivity contribution in [1.82, 2.24) is 0 Å². The monoisotopic (exact) mass is 221 g/mol. The van der Waals surface area contributed by atoms with E-state index in [0.29, 0.717) is 0 Å². The fourth-order valence-corrected chi connectivity index (χ4v) is 1.28. The van der Waals surface area contributed by atoms with Crippen molar-refractivity contribution in [3.8, 4) is 0 Å². The third-order valence-corrected chi connectivity index (χ3v) is 2.18. The van der Waals surface area contributed by atoms with Gasteiger partial charge in [0.05, 0.1) is 5.97 Å². The lowest BCUT2D eigenvalue weighted by Gasteiger charge is -2.02. The van der Waals surface area contributed by atoms with Crippen LogP contribution in [0.4, 0.5) is 0 Å². The Kier molecular flexibility index (Phi) is 2.87. The number of hydrogen-bond acceptors (Lipinski definition) is 5. The quantitative estimate of drug-likeness (QED) is 0.493. The molecular weight excluding hydrogens is 212 g/mol. The molecule has 84 valence electrons. The van der Waals surface area contributed by atoms with Crippen molar-refractivity contribution in [1.29, 1.82) is 0 Å². The Morgan fingerprint density at radius 1 is 1.25 bits per heavy atom. The zero-order valence-electron chi connectivity index (χ0n) is 8.29. The Labute approximate surface area is 91.6 Å². The molecule has 1 aromatic rings. The van der Waals surface area contributed by atoms with Crippen molar-refractivity contribution < 1.29 is 24.2 Å². The molecule has 1 aromatic carbocycles. The Morgan fingerprint density at radius 3 is 2.50 bits per heavy atom. The normalized spacial score (nSPS) is 22.5. The summed E-state index contributed by atoms with van der Waals surface area (Å²) >= 11 is 0. The molecule has 16 heavy (non-hydrogen) atoms. The minimum Gasteiger partial charge on any atom is -0.547 e. The zero-order chi connectivity index (χ0) is 11.5. The average molecular weight is 221 g/mol. The van der Waals surface area contributed by atoms with Gasteiger partial charge < -0.3 is 19.4 Å². The van der Waals surface area contributed by atoms with Crippen LogP contribution >= 0.6 is 0 Å². The minimum absolute atomic E-state index is 0.110. The SMILES string of the molecule is O=C([O-])[C@@H]1O[C@H]1C(=O)OCc1ccccc1. The Morgan fingerprint density at radius 2 is 1.94 bits per heavy atom. The van der Waals surface area contributed by atoms with Gasteiger partial charge in [-0.15, -0.1) is 0 Å². The second kappa shape index (κ2) is 4.32. The van der Waals surface area contributed by atoms with E-state index in [-0.39, 0.29) is 6.61 Å². The molecule has 1 aliphatic rings. The summed E-state index contributed by atoms with van der Waals surface area (Å²) < 4.78 is 9.47. The molecule has 0 radical (unpaired) electrons. The molecule has 1 heterocycles. The number of hydrogen-bond donors (Lipinski definition) is 0. The molecule has 0 spiro atoms. The van der Waals surface area contributed by atoms with Crippen LogP contribution in [0.2, 0.25) is 0 Å². The lowest BCUT2D eigenvalue weighted by molar-refractivity contribution is -0.307. The van der Waals surface area contributed by atoms with E-state index in [9.17, 15) is 14.7 Å². The van der Waals surface area contributed by atoms with Crippen molar-refractivity contribution in [2.45, 2.75) is 18.8 Å². The maximum Gasteiger partial charge on any atom is 0.338 e. The van der Waals surface area contributed by atoms with Gasteiger partial charge in [-0.05, 0) is 5.56 Å². The highest BCUT2D eigenvalue weighted by Crippen LogP contribution is 2.22. The summed E-state index contributed by atoms with van der Waals surface area (Å²) in [6.45, 7) is 0.110. The van der Waals surface area contributed by atoms with Gasteiger partial charge >= 0.3 is 5.97 Å². The van der Waals surface area contributed by atoms with E-state index in [0.717, 1.165) is 5.56 Å². The van der Waals surface area contributed by atoms with Crippen LogP contribution in [0.25, 0.3) is 0 Å². The molecule has 0 aromatic heterocycles. The molecule has 0 aliphatic carbocycles. The van der Waals surface area contributed by atoms with E-state index in [4.69, 9.17) is 4.74 Å². The van der Waals surface area contributed by atoms with Gasteiger partial charge in [-0.2, -0.15) is 0 Å². The van der Waals surface area contributed by atoms with Crippen molar-refractivity contribution >= 4 is 11.9 Å². The maximum absolute atomic E-state index is 11.3. The van der Waals surface area contributed by atoms with E-state index < -0.39 is 24.1 Å². The van der Waals surface area contributed by atoms with Crippen LogP contribution < -0.4 is 5.11 Å². The number of carbonyl (C=O) groups excluding carboxylic acids is 2. The summed E-state index contributed by atoms with van der Waals surface area (Å²) in [7, 11) is 0. The van der Waals surface area contributed by atoms with Crippen LogP contribution in [0.15, 0.2) is 30.3 Å². The number of carboxylic acid groups (broad SMARTS) is 1. The van der Waals surface area contributed by atoms with Crippen LogP contribution in [-0.2, 0) is 25.7 Å². The van der Waals surface area contributed by atoms with Gasteiger partial charge in [0.15, 0.2) is 6.10 Å². The first kappa shape index (κ1) is 10.6. The molecule has 5 nitrogen and oxygen atoms in total. The Hall–Kier alpha value is -1.88. The van der Waals surface area contributed by atoms with Gasteiger partial charge in [0.25, 0.3) is 0 Å². The number of carboxylic acids is 1. The van der Waals surface area contributed by atoms with E-state index in [1.54, 1.807) is 12.1 Å². The number of esters is 1. The average Bonchev–Trinajstić information content (AvgIpc) is 3.07. The fraction of sp³-hybridized carbons (Fsp3) is 0.273. The largest absolute Gasteiger partial charge is 0.547 e. The molecule has 0 unspecified atom stereocenters. The number of carbonyl (C=O) groups is 2. The lowest BCUT2D eigenvalue weighted by Crippen LogP contribution is -2.31. The summed E-state index contributed by atoms with van der Waals surface area (Å²) in [5, 5.41) is 10.3. The molecule has 1 fully saturated rings. The Bertz CT molecular complexity index is 400. The Balaban J connectivity index is 1.80. The standard InChI is InChI=1S/C11H10O5/c12-10(13)8-9(16-8)11(14)15-6-7-4-2-1-3-5-7/h1-5,8-9H,6H2,(H,12,13)/p-1/t8-,9-/m1/s1. The first-order valence-electron chi connectivity index (χ1n) is 4.75. The number of ether oxygens (including phenoxy) is 2. The third-order valence-electron chi connectivity index (χ3n) is 2.18. The highest BCUT2D eigenvalue weighted by atomic mass is 16.7. The molecule has 0 amide bonds. The summed E-state index contributed by atoms with van der Waals surface area (Å²) in [4.78, 5) is 21.6. The van der Waals surface area contributed by atoms with Crippen LogP contribution in [0.1, 0.15) is 5.56 Å². The lowest BCUT2D eigenvalue weighted by atomic mass is 10.2. The molecule has 2 rings (SSSR count). The van der Waals surface area contributed by atoms with Gasteiger partial charge in [0.1, 0.15) is 12.7 Å². The van der Waals surface area contributed by atoms with Crippen molar-refractivity contribution in [3.05, 3.63) is 35.9 Å². The van der Waals surface area contributed by atoms with Gasteiger partial charge in [0.2, 0.25) is 0 Å². The zero-order valence-corrected chi connectivity index (χ0v) is 8.29. The number of aliphatic carboxylic acids is 1. The number of rotatable bonds is 4. The molecule has 0 bridgehead atoms. The van der Waals surface area contributed by atoms with Gasteiger partial charge in [0, 0.05) is 0 Å². The van der Waals surface area contributed by atoms with E-state index in [1.807, 2.05) is 18.2 Å². The van der Waals surface area contributed by atoms with Crippen molar-refractivity contribution in [2.75, 3.05) is 0 Å². The molecule has 1 saturated heterocycles. The van der Waals surface area contributed by atoms with E-state index >= 15 is 0 Å². The molecule has 1 aliphatic heterocycles. The maximum atomic E-state index is 11.3. The molecule has 2 atom stereocenters. The molecule has 0 N–H and O–H groups in total. The van der Waals surface area contributed by atoms with Crippen molar-refractivity contribution in [3.63, 3.8) is 0 Å². The highest BCUT2D eigenvalue weighted by molar-refractivity contribution is 5.88.